The van der Waals surface area contributed by atoms with Crippen molar-refractivity contribution in [3.63, 3.8) is 0 Å². The van der Waals surface area contributed by atoms with E-state index >= 15 is 0 Å². The molecule has 0 radical (unpaired) electrons. The molecule has 3 aromatic rings. The van der Waals surface area contributed by atoms with Crippen molar-refractivity contribution in [1.29, 1.82) is 0 Å². The van der Waals surface area contributed by atoms with Gasteiger partial charge in [-0.1, -0.05) is 0 Å². The van der Waals surface area contributed by atoms with Gasteiger partial charge < -0.3 is 0 Å². The Balaban J connectivity index is 1.76. The van der Waals surface area contributed by atoms with E-state index in [1.807, 2.05) is 0 Å². The molecule has 2 heterocycles. The maximum absolute atomic E-state index is 4.86. The molecule has 0 saturated carbocycles. The van der Waals surface area contributed by atoms with Gasteiger partial charge in [0.25, 0.3) is 0 Å². The monoisotopic (exact) mass is 414 g/mol. The molecule has 3 aromatic carbocycles. The van der Waals surface area contributed by atoms with Gasteiger partial charge in [0.1, 0.15) is 0 Å². The predicted molar refractivity (Wildman–Crippen MR) is 91.0 cm³/mol. The first-order chi connectivity index (χ1) is 10.9. The van der Waals surface area contributed by atoms with Crippen LogP contribution in [0.4, 0.5) is 11.4 Å². The number of para-hydroxylation sites is 2. The van der Waals surface area contributed by atoms with Crippen molar-refractivity contribution in [3.8, 4) is 0 Å². The molecule has 0 unspecified atom stereocenters. The summed E-state index contributed by atoms with van der Waals surface area (Å²) in [6.07, 6.45) is 0. The van der Waals surface area contributed by atoms with Crippen LogP contribution < -0.4 is 28.6 Å². The number of rotatable bonds is 0. The zero-order valence-electron chi connectivity index (χ0n) is 11.5. The van der Waals surface area contributed by atoms with Crippen LogP contribution >= 0.6 is 0 Å². The Morgan fingerprint density at radius 3 is 1.50 bits per heavy atom. The van der Waals surface area contributed by atoms with Crippen LogP contribution in [0.15, 0.2) is 70.6 Å². The molecule has 0 fully saturated rings. The average Bonchev–Trinajstić information content (AvgIpc) is 2.56. The molecule has 5 rings (SSSR count). The van der Waals surface area contributed by atoms with Crippen molar-refractivity contribution in [2.24, 2.45) is 9.98 Å². The third-order valence-corrected chi connectivity index (χ3v) is 8.36. The molecule has 0 aliphatic carbocycles. The first-order valence-electron chi connectivity index (χ1n) is 7.02. The molecular weight excluding hydrogens is 402 g/mol. The van der Waals surface area contributed by atoms with Crippen LogP contribution in [0.25, 0.3) is 0 Å². The zero-order valence-corrected chi connectivity index (χ0v) is 14.9. The molecular formula is C18H10N2Se2. The van der Waals surface area contributed by atoms with E-state index in [0.717, 1.165) is 22.1 Å². The van der Waals surface area contributed by atoms with Crippen molar-refractivity contribution in [3.05, 3.63) is 71.4 Å². The fraction of sp³-hybridized carbons (Fsp3) is 0. The summed E-state index contributed by atoms with van der Waals surface area (Å²) in [4.78, 5) is 9.71. The molecule has 0 N–H and O–H groups in total. The summed E-state index contributed by atoms with van der Waals surface area (Å²) in [6, 6.07) is 21.5. The van der Waals surface area contributed by atoms with Crippen LogP contribution in [0.5, 0.6) is 0 Å². The number of hydrogen-bond donors (Lipinski definition) is 0. The van der Waals surface area contributed by atoms with E-state index in [1.165, 1.54) is 17.8 Å². The summed E-state index contributed by atoms with van der Waals surface area (Å²) in [5, 5.41) is 2.29. The maximum atomic E-state index is 4.86. The summed E-state index contributed by atoms with van der Waals surface area (Å²) in [5.41, 5.74) is 2.27. The number of benzene rings is 3. The van der Waals surface area contributed by atoms with Crippen LogP contribution in [0.1, 0.15) is 0 Å². The Hall–Kier alpha value is -1.70. The number of nitrogens with zero attached hydrogens (tertiary/aromatic N) is 2. The van der Waals surface area contributed by atoms with Crippen molar-refractivity contribution in [1.82, 2.24) is 0 Å². The molecule has 0 spiro atoms. The van der Waals surface area contributed by atoms with Gasteiger partial charge in [-0.05, 0) is 0 Å². The van der Waals surface area contributed by atoms with Gasteiger partial charge in [0.05, 0.1) is 0 Å². The van der Waals surface area contributed by atoms with Gasteiger partial charge in [-0.25, -0.2) is 0 Å². The molecule has 2 nitrogen and oxygen atoms in total. The minimum atomic E-state index is 0.322. The minimum absolute atomic E-state index is 0.322. The van der Waals surface area contributed by atoms with Crippen LogP contribution in [0, 0.1) is 0 Å². The third-order valence-electron chi connectivity index (χ3n) is 3.69. The standard InChI is InChI=1S/C18H10N2Se2/c1-3-7-15-11(5-1)19-13-9-18-14(10-17(13)21-15)20-12-6-2-4-8-16(12)22-18/h1-10H. The second-order valence-corrected chi connectivity index (χ2v) is 9.70. The van der Waals surface area contributed by atoms with Gasteiger partial charge in [0.2, 0.25) is 0 Å². The van der Waals surface area contributed by atoms with E-state index < -0.39 is 0 Å². The summed E-state index contributed by atoms with van der Waals surface area (Å²) in [5.74, 6) is 0. The topological polar surface area (TPSA) is 24.7 Å². The molecule has 0 atom stereocenters. The van der Waals surface area contributed by atoms with E-state index in [-0.39, 0.29) is 0 Å². The first-order valence-corrected chi connectivity index (χ1v) is 10.4. The molecule has 104 valence electrons. The Morgan fingerprint density at radius 2 is 1.00 bits per heavy atom. The molecule has 22 heavy (non-hydrogen) atoms. The SMILES string of the molecule is c1ccc2c(c1)N=c1cc3c(cc1[Se]2)=Nc1ccccc1[Se]3. The van der Waals surface area contributed by atoms with Crippen molar-refractivity contribution in [2.75, 3.05) is 0 Å². The number of hydrogen-bond acceptors (Lipinski definition) is 2. The quantitative estimate of drug-likeness (QED) is 0.308. The fourth-order valence-corrected chi connectivity index (χ4v) is 6.76. The van der Waals surface area contributed by atoms with Crippen molar-refractivity contribution in [2.45, 2.75) is 0 Å². The van der Waals surface area contributed by atoms with Gasteiger partial charge in [0, 0.05) is 0 Å². The fourth-order valence-electron chi connectivity index (χ4n) is 2.64. The Kier molecular flexibility index (Phi) is 2.85. The Morgan fingerprint density at radius 1 is 0.545 bits per heavy atom. The predicted octanol–water partition coefficient (Wildman–Crippen LogP) is -0.474. The van der Waals surface area contributed by atoms with Gasteiger partial charge in [0.15, 0.2) is 0 Å². The second-order valence-electron chi connectivity index (χ2n) is 5.15. The first kappa shape index (κ1) is 12.8. The van der Waals surface area contributed by atoms with Gasteiger partial charge in [-0.15, -0.1) is 0 Å². The average molecular weight is 412 g/mol. The number of fused-ring (bicyclic) bond motifs is 4. The van der Waals surface area contributed by atoms with E-state index in [4.69, 9.17) is 9.98 Å². The summed E-state index contributed by atoms with van der Waals surface area (Å²) >= 11 is 0.643. The van der Waals surface area contributed by atoms with Crippen LogP contribution in [0.2, 0.25) is 0 Å². The second kappa shape index (κ2) is 4.90. The van der Waals surface area contributed by atoms with E-state index in [0.29, 0.717) is 29.9 Å². The summed E-state index contributed by atoms with van der Waals surface area (Å²) in [6.45, 7) is 0. The Labute approximate surface area is 140 Å². The van der Waals surface area contributed by atoms with E-state index in [1.54, 1.807) is 0 Å². The normalized spacial score (nSPS) is 13.8. The van der Waals surface area contributed by atoms with E-state index in [9.17, 15) is 0 Å². The molecule has 0 bridgehead atoms. The van der Waals surface area contributed by atoms with E-state index in [2.05, 4.69) is 60.7 Å². The van der Waals surface area contributed by atoms with Gasteiger partial charge in [-0.3, -0.25) is 0 Å². The Bertz CT molecular complexity index is 956. The third kappa shape index (κ3) is 2.00. The zero-order chi connectivity index (χ0) is 14.5. The molecule has 0 amide bonds. The van der Waals surface area contributed by atoms with Crippen molar-refractivity contribution >= 4 is 59.1 Å². The van der Waals surface area contributed by atoms with Crippen LogP contribution in [-0.4, -0.2) is 29.9 Å². The molecule has 0 saturated heterocycles. The molecule has 4 heteroatoms. The summed E-state index contributed by atoms with van der Waals surface area (Å²) < 4.78 is 5.43. The van der Waals surface area contributed by atoms with Gasteiger partial charge in [-0.2, -0.15) is 0 Å². The molecule has 2 aliphatic heterocycles. The van der Waals surface area contributed by atoms with Crippen LogP contribution in [-0.2, 0) is 0 Å². The van der Waals surface area contributed by atoms with Crippen molar-refractivity contribution < 1.29 is 0 Å². The van der Waals surface area contributed by atoms with Gasteiger partial charge >= 0.3 is 140 Å². The molecule has 0 aromatic heterocycles. The summed E-state index contributed by atoms with van der Waals surface area (Å²) in [7, 11) is 0. The molecule has 2 aliphatic rings. The van der Waals surface area contributed by atoms with Crippen LogP contribution in [0.3, 0.4) is 0 Å².